The summed E-state index contributed by atoms with van der Waals surface area (Å²) < 4.78 is 2.15. The van der Waals surface area contributed by atoms with Gasteiger partial charge in [0.15, 0.2) is 0 Å². The van der Waals surface area contributed by atoms with E-state index in [1.54, 1.807) is 13.2 Å². The maximum absolute atomic E-state index is 12.6. The van der Waals surface area contributed by atoms with Crippen molar-refractivity contribution >= 4 is 11.9 Å². The first-order valence-corrected chi connectivity index (χ1v) is 9.71. The molecule has 8 heteroatoms. The first-order valence-electron chi connectivity index (χ1n) is 9.71. The number of pyridine rings is 1. The molecule has 0 bridgehead atoms. The molecule has 1 fully saturated rings. The van der Waals surface area contributed by atoms with E-state index < -0.39 is 0 Å². The molecule has 0 spiro atoms. The van der Waals surface area contributed by atoms with Gasteiger partial charge >= 0.3 is 6.03 Å². The second kappa shape index (κ2) is 8.86. The molecule has 0 aliphatic carbocycles. The molecule has 3 rings (SSSR count). The number of piperidine rings is 1. The van der Waals surface area contributed by atoms with Crippen molar-refractivity contribution in [3.05, 3.63) is 47.3 Å². The van der Waals surface area contributed by atoms with Crippen LogP contribution in [0.5, 0.6) is 0 Å². The highest BCUT2D eigenvalue weighted by atomic mass is 16.2. The van der Waals surface area contributed by atoms with Crippen LogP contribution in [0, 0.1) is 13.8 Å². The minimum Gasteiger partial charge on any atom is -0.350 e. The van der Waals surface area contributed by atoms with Gasteiger partial charge in [0.2, 0.25) is 0 Å². The molecule has 150 valence electrons. The lowest BCUT2D eigenvalue weighted by molar-refractivity contribution is 0.0948. The molecule has 1 aliphatic rings. The van der Waals surface area contributed by atoms with Crippen molar-refractivity contribution in [2.75, 3.05) is 26.7 Å². The summed E-state index contributed by atoms with van der Waals surface area (Å²) in [6.45, 7) is 5.80. The van der Waals surface area contributed by atoms with Gasteiger partial charge in [-0.2, -0.15) is 0 Å². The normalized spacial score (nSPS) is 14.8. The van der Waals surface area contributed by atoms with Crippen LogP contribution in [0.15, 0.2) is 24.4 Å². The number of aryl methyl sites for hydroxylation is 1. The molecule has 0 aromatic carbocycles. The first kappa shape index (κ1) is 19.9. The van der Waals surface area contributed by atoms with Gasteiger partial charge in [-0.05, 0) is 38.8 Å². The molecule has 1 saturated heterocycles. The number of rotatable bonds is 5. The number of amides is 3. The zero-order valence-electron chi connectivity index (χ0n) is 16.7. The fraction of sp³-hybridized carbons (Fsp3) is 0.500. The van der Waals surface area contributed by atoms with Crippen LogP contribution in [0.1, 0.15) is 46.6 Å². The second-order valence-electron chi connectivity index (χ2n) is 7.06. The fourth-order valence-electron chi connectivity index (χ4n) is 3.83. The summed E-state index contributed by atoms with van der Waals surface area (Å²) >= 11 is 0. The lowest BCUT2D eigenvalue weighted by Crippen LogP contribution is -2.43. The van der Waals surface area contributed by atoms with Crippen molar-refractivity contribution in [3.8, 4) is 0 Å². The molecule has 0 saturated carbocycles. The van der Waals surface area contributed by atoms with Gasteiger partial charge in [0.25, 0.3) is 5.91 Å². The quantitative estimate of drug-likeness (QED) is 0.823. The van der Waals surface area contributed by atoms with Crippen LogP contribution in [-0.4, -0.2) is 58.1 Å². The Kier molecular flexibility index (Phi) is 6.28. The molecule has 1 aliphatic heterocycles. The third-order valence-corrected chi connectivity index (χ3v) is 5.26. The zero-order chi connectivity index (χ0) is 20.1. The smallest absolute Gasteiger partial charge is 0.317 e. The summed E-state index contributed by atoms with van der Waals surface area (Å²) in [4.78, 5) is 35.0. The van der Waals surface area contributed by atoms with Gasteiger partial charge in [-0.25, -0.2) is 9.78 Å². The number of carbonyl (C=O) groups excluding carboxylic acids is 2. The van der Waals surface area contributed by atoms with E-state index in [2.05, 4.69) is 25.2 Å². The number of hydrogen-bond acceptors (Lipinski definition) is 4. The number of carbonyl (C=O) groups is 2. The lowest BCUT2D eigenvalue weighted by atomic mass is 10.0. The van der Waals surface area contributed by atoms with Crippen LogP contribution < -0.4 is 10.6 Å². The summed E-state index contributed by atoms with van der Waals surface area (Å²) in [5.41, 5.74) is 2.31. The number of aromatic nitrogens is 3. The molecule has 28 heavy (non-hydrogen) atoms. The SMILES string of the molecule is CNC(=O)N1CCC(n2c(C)nc(C(=O)NCCc3ccccn3)c2C)CC1. The zero-order valence-corrected chi connectivity index (χ0v) is 16.7. The van der Waals surface area contributed by atoms with E-state index in [1.807, 2.05) is 36.9 Å². The van der Waals surface area contributed by atoms with E-state index in [9.17, 15) is 9.59 Å². The largest absolute Gasteiger partial charge is 0.350 e. The van der Waals surface area contributed by atoms with Crippen LogP contribution in [0.2, 0.25) is 0 Å². The van der Waals surface area contributed by atoms with Gasteiger partial charge < -0.3 is 20.1 Å². The highest BCUT2D eigenvalue weighted by Crippen LogP contribution is 2.27. The predicted octanol–water partition coefficient (Wildman–Crippen LogP) is 1.84. The Morgan fingerprint density at radius 2 is 1.96 bits per heavy atom. The van der Waals surface area contributed by atoms with Gasteiger partial charge in [-0.3, -0.25) is 9.78 Å². The van der Waals surface area contributed by atoms with E-state index >= 15 is 0 Å². The Bertz CT molecular complexity index is 825. The highest BCUT2D eigenvalue weighted by molar-refractivity contribution is 5.93. The molecule has 2 aromatic heterocycles. The summed E-state index contributed by atoms with van der Waals surface area (Å²) in [5.74, 6) is 0.684. The molecule has 0 atom stereocenters. The summed E-state index contributed by atoms with van der Waals surface area (Å²) in [5, 5.41) is 5.62. The van der Waals surface area contributed by atoms with Crippen molar-refractivity contribution in [1.29, 1.82) is 0 Å². The van der Waals surface area contributed by atoms with E-state index in [-0.39, 0.29) is 18.0 Å². The average Bonchev–Trinajstić information content (AvgIpc) is 3.02. The van der Waals surface area contributed by atoms with E-state index in [4.69, 9.17) is 0 Å². The molecule has 8 nitrogen and oxygen atoms in total. The minimum atomic E-state index is -0.155. The number of urea groups is 1. The number of imidazole rings is 1. The maximum atomic E-state index is 12.6. The van der Waals surface area contributed by atoms with Gasteiger partial charge in [0, 0.05) is 56.7 Å². The van der Waals surface area contributed by atoms with Crippen molar-refractivity contribution in [2.45, 2.75) is 39.2 Å². The van der Waals surface area contributed by atoms with Crippen molar-refractivity contribution in [2.24, 2.45) is 0 Å². The number of nitrogens with zero attached hydrogens (tertiary/aromatic N) is 4. The monoisotopic (exact) mass is 384 g/mol. The highest BCUT2D eigenvalue weighted by Gasteiger charge is 2.27. The topological polar surface area (TPSA) is 92.2 Å². The molecule has 0 unspecified atom stereocenters. The maximum Gasteiger partial charge on any atom is 0.317 e. The van der Waals surface area contributed by atoms with Crippen molar-refractivity contribution in [3.63, 3.8) is 0 Å². The molecule has 3 amide bonds. The van der Waals surface area contributed by atoms with E-state index in [0.29, 0.717) is 31.7 Å². The minimum absolute atomic E-state index is 0.0366. The number of hydrogen-bond donors (Lipinski definition) is 2. The Hall–Kier alpha value is -2.90. The predicted molar refractivity (Wildman–Crippen MR) is 106 cm³/mol. The molecule has 0 radical (unpaired) electrons. The fourth-order valence-corrected chi connectivity index (χ4v) is 3.83. The van der Waals surface area contributed by atoms with E-state index in [1.165, 1.54) is 0 Å². The van der Waals surface area contributed by atoms with Gasteiger partial charge in [-0.15, -0.1) is 0 Å². The summed E-state index contributed by atoms with van der Waals surface area (Å²) in [7, 11) is 1.65. The Balaban J connectivity index is 1.61. The Morgan fingerprint density at radius 3 is 2.61 bits per heavy atom. The van der Waals surface area contributed by atoms with Crippen LogP contribution in [0.4, 0.5) is 4.79 Å². The molecule has 3 heterocycles. The van der Waals surface area contributed by atoms with Crippen LogP contribution in [0.3, 0.4) is 0 Å². The van der Waals surface area contributed by atoms with Gasteiger partial charge in [0.1, 0.15) is 11.5 Å². The molecular weight excluding hydrogens is 356 g/mol. The molecular formula is C20H28N6O2. The first-order chi connectivity index (χ1) is 13.5. The second-order valence-corrected chi connectivity index (χ2v) is 7.06. The molecule has 2 aromatic rings. The van der Waals surface area contributed by atoms with Gasteiger partial charge in [-0.1, -0.05) is 6.07 Å². The van der Waals surface area contributed by atoms with Crippen molar-refractivity contribution in [1.82, 2.24) is 30.1 Å². The summed E-state index contributed by atoms with van der Waals surface area (Å²) in [6.07, 6.45) is 4.14. The average molecular weight is 384 g/mol. The van der Waals surface area contributed by atoms with Crippen LogP contribution in [-0.2, 0) is 6.42 Å². The van der Waals surface area contributed by atoms with E-state index in [0.717, 1.165) is 30.1 Å². The number of nitrogens with one attached hydrogen (secondary N) is 2. The standard InChI is InChI=1S/C20H28N6O2/c1-14-18(19(27)23-11-7-16-6-4-5-10-22-16)24-15(2)26(14)17-8-12-25(13-9-17)20(28)21-3/h4-6,10,17H,7-9,11-13H2,1-3H3,(H,21,28)(H,23,27). The third-order valence-electron chi connectivity index (χ3n) is 5.26. The third kappa shape index (κ3) is 4.32. The lowest BCUT2D eigenvalue weighted by Gasteiger charge is -2.33. The Morgan fingerprint density at radius 1 is 1.21 bits per heavy atom. The van der Waals surface area contributed by atoms with Gasteiger partial charge in [0.05, 0.1) is 0 Å². The summed E-state index contributed by atoms with van der Waals surface area (Å²) in [6, 6.07) is 5.98. The van der Waals surface area contributed by atoms with Crippen LogP contribution in [0.25, 0.3) is 0 Å². The van der Waals surface area contributed by atoms with Crippen LogP contribution >= 0.6 is 0 Å². The Labute approximate surface area is 165 Å². The molecule has 2 N–H and O–H groups in total. The number of likely N-dealkylation sites (tertiary alicyclic amines) is 1. The van der Waals surface area contributed by atoms with Crippen molar-refractivity contribution < 1.29 is 9.59 Å².